The second kappa shape index (κ2) is 9.57. The van der Waals surface area contributed by atoms with E-state index in [9.17, 15) is 9.18 Å². The SMILES string of the molecule is Cc1ccc(Cn2c(SCC(=O)N/N=C/c3ccccc3F)nc3ccccc32)cc1. The molecular formula is C24H21FN4OS. The quantitative estimate of drug-likeness (QED) is 0.260. The average molecular weight is 433 g/mol. The lowest BCUT2D eigenvalue weighted by Gasteiger charge is -2.09. The molecular weight excluding hydrogens is 411 g/mol. The van der Waals surface area contributed by atoms with Gasteiger partial charge in [0.1, 0.15) is 5.82 Å². The van der Waals surface area contributed by atoms with E-state index in [4.69, 9.17) is 4.98 Å². The van der Waals surface area contributed by atoms with Crippen LogP contribution in [0.1, 0.15) is 16.7 Å². The molecule has 0 spiro atoms. The minimum Gasteiger partial charge on any atom is -0.314 e. The number of para-hydroxylation sites is 2. The van der Waals surface area contributed by atoms with Gasteiger partial charge in [0.25, 0.3) is 5.91 Å². The van der Waals surface area contributed by atoms with E-state index >= 15 is 0 Å². The Bertz CT molecular complexity index is 1230. The van der Waals surface area contributed by atoms with E-state index in [-0.39, 0.29) is 17.5 Å². The summed E-state index contributed by atoms with van der Waals surface area (Å²) in [5.74, 6) is -0.530. The van der Waals surface area contributed by atoms with Crippen molar-refractivity contribution in [3.63, 3.8) is 0 Å². The second-order valence-corrected chi connectivity index (χ2v) is 8.00. The molecule has 4 aromatic rings. The van der Waals surface area contributed by atoms with E-state index in [1.54, 1.807) is 18.2 Å². The number of halogens is 1. The highest BCUT2D eigenvalue weighted by Gasteiger charge is 2.13. The van der Waals surface area contributed by atoms with Gasteiger partial charge in [0.2, 0.25) is 0 Å². The molecule has 1 heterocycles. The number of carbonyl (C=O) groups is 1. The van der Waals surface area contributed by atoms with Crippen LogP contribution in [0, 0.1) is 12.7 Å². The van der Waals surface area contributed by atoms with Crippen LogP contribution < -0.4 is 5.43 Å². The first-order valence-corrected chi connectivity index (χ1v) is 10.8. The van der Waals surface area contributed by atoms with E-state index in [0.717, 1.165) is 21.8 Å². The molecule has 0 aliphatic carbocycles. The molecule has 31 heavy (non-hydrogen) atoms. The largest absolute Gasteiger partial charge is 0.314 e. The number of imidazole rings is 1. The summed E-state index contributed by atoms with van der Waals surface area (Å²) in [4.78, 5) is 16.9. The Labute approximate surface area is 184 Å². The monoisotopic (exact) mass is 432 g/mol. The molecule has 4 rings (SSSR count). The molecule has 0 saturated carbocycles. The summed E-state index contributed by atoms with van der Waals surface area (Å²) in [7, 11) is 0. The number of nitrogens with zero attached hydrogens (tertiary/aromatic N) is 3. The van der Waals surface area contributed by atoms with Crippen LogP contribution in [0.25, 0.3) is 11.0 Å². The number of nitrogens with one attached hydrogen (secondary N) is 1. The van der Waals surface area contributed by atoms with Gasteiger partial charge in [-0.1, -0.05) is 71.9 Å². The third-order valence-corrected chi connectivity index (χ3v) is 5.69. The highest BCUT2D eigenvalue weighted by Crippen LogP contribution is 2.25. The molecule has 156 valence electrons. The second-order valence-electron chi connectivity index (χ2n) is 7.06. The Morgan fingerprint density at radius 2 is 1.84 bits per heavy atom. The summed E-state index contributed by atoms with van der Waals surface area (Å²) in [5, 5.41) is 4.61. The predicted octanol–water partition coefficient (Wildman–Crippen LogP) is 4.77. The molecule has 0 fully saturated rings. The van der Waals surface area contributed by atoms with Gasteiger partial charge in [-0.05, 0) is 30.7 Å². The lowest BCUT2D eigenvalue weighted by atomic mass is 10.1. The summed E-state index contributed by atoms with van der Waals surface area (Å²) in [6, 6.07) is 22.5. The van der Waals surface area contributed by atoms with Gasteiger partial charge in [-0.3, -0.25) is 4.79 Å². The zero-order valence-corrected chi connectivity index (χ0v) is 17.8. The normalized spacial score (nSPS) is 11.3. The summed E-state index contributed by atoms with van der Waals surface area (Å²) in [5.41, 5.74) is 7.03. The van der Waals surface area contributed by atoms with Crippen LogP contribution in [0.3, 0.4) is 0 Å². The lowest BCUT2D eigenvalue weighted by Crippen LogP contribution is -2.20. The fourth-order valence-electron chi connectivity index (χ4n) is 3.11. The van der Waals surface area contributed by atoms with Crippen LogP contribution in [0.15, 0.2) is 83.1 Å². The maximum Gasteiger partial charge on any atom is 0.250 e. The highest BCUT2D eigenvalue weighted by molar-refractivity contribution is 7.99. The van der Waals surface area contributed by atoms with Crippen molar-refractivity contribution in [1.29, 1.82) is 0 Å². The summed E-state index contributed by atoms with van der Waals surface area (Å²) in [6.45, 7) is 2.72. The fraction of sp³-hybridized carbons (Fsp3) is 0.125. The Morgan fingerprint density at radius 3 is 2.65 bits per heavy atom. The van der Waals surface area contributed by atoms with Crippen molar-refractivity contribution in [1.82, 2.24) is 15.0 Å². The van der Waals surface area contributed by atoms with Crippen LogP contribution in [0.4, 0.5) is 4.39 Å². The minimum atomic E-state index is -0.389. The van der Waals surface area contributed by atoms with E-state index in [1.807, 2.05) is 24.3 Å². The van der Waals surface area contributed by atoms with Gasteiger partial charge >= 0.3 is 0 Å². The zero-order chi connectivity index (χ0) is 21.6. The fourth-order valence-corrected chi connectivity index (χ4v) is 3.91. The number of hydrazone groups is 1. The smallest absolute Gasteiger partial charge is 0.250 e. The van der Waals surface area contributed by atoms with Crippen molar-refractivity contribution in [3.8, 4) is 0 Å². The Hall–Kier alpha value is -3.45. The highest BCUT2D eigenvalue weighted by atomic mass is 32.2. The van der Waals surface area contributed by atoms with Crippen molar-refractivity contribution in [2.75, 3.05) is 5.75 Å². The summed E-state index contributed by atoms with van der Waals surface area (Å²) < 4.78 is 15.7. The molecule has 0 unspecified atom stereocenters. The van der Waals surface area contributed by atoms with Gasteiger partial charge in [-0.25, -0.2) is 14.8 Å². The lowest BCUT2D eigenvalue weighted by molar-refractivity contribution is -0.118. The van der Waals surface area contributed by atoms with E-state index < -0.39 is 0 Å². The first-order chi connectivity index (χ1) is 15.1. The molecule has 3 aromatic carbocycles. The topological polar surface area (TPSA) is 59.3 Å². The van der Waals surface area contributed by atoms with Gasteiger partial charge < -0.3 is 4.57 Å². The Kier molecular flexibility index (Phi) is 6.43. The molecule has 0 aliphatic heterocycles. The number of benzene rings is 3. The first kappa shape index (κ1) is 20.8. The van der Waals surface area contributed by atoms with Crippen LogP contribution in [0.5, 0.6) is 0 Å². The van der Waals surface area contributed by atoms with Crippen molar-refractivity contribution in [3.05, 3.63) is 95.3 Å². The van der Waals surface area contributed by atoms with Gasteiger partial charge in [0, 0.05) is 5.56 Å². The Balaban J connectivity index is 1.46. The number of hydrogen-bond donors (Lipinski definition) is 1. The summed E-state index contributed by atoms with van der Waals surface area (Å²) >= 11 is 1.34. The molecule has 1 amide bonds. The Morgan fingerprint density at radius 1 is 1.10 bits per heavy atom. The van der Waals surface area contributed by atoms with Crippen LogP contribution in [-0.2, 0) is 11.3 Å². The van der Waals surface area contributed by atoms with E-state index in [1.165, 1.54) is 29.6 Å². The number of carbonyl (C=O) groups excluding carboxylic acids is 1. The average Bonchev–Trinajstić information content (AvgIpc) is 3.12. The maximum absolute atomic E-state index is 13.6. The third kappa shape index (κ3) is 5.19. The third-order valence-electron chi connectivity index (χ3n) is 4.71. The van der Waals surface area contributed by atoms with Crippen LogP contribution in [0.2, 0.25) is 0 Å². The molecule has 0 aliphatic rings. The number of hydrogen-bond acceptors (Lipinski definition) is 4. The molecule has 0 atom stereocenters. The summed E-state index contributed by atoms with van der Waals surface area (Å²) in [6.07, 6.45) is 1.30. The first-order valence-electron chi connectivity index (χ1n) is 9.80. The van der Waals surface area contributed by atoms with Gasteiger partial charge in [-0.15, -0.1) is 0 Å². The number of amides is 1. The van der Waals surface area contributed by atoms with E-state index in [2.05, 4.69) is 46.3 Å². The van der Waals surface area contributed by atoms with Gasteiger partial charge in [0.15, 0.2) is 5.16 Å². The van der Waals surface area contributed by atoms with Crippen LogP contribution >= 0.6 is 11.8 Å². The molecule has 1 aromatic heterocycles. The minimum absolute atomic E-state index is 0.145. The van der Waals surface area contributed by atoms with Crippen LogP contribution in [-0.4, -0.2) is 27.4 Å². The molecule has 0 bridgehead atoms. The molecule has 0 saturated heterocycles. The van der Waals surface area contributed by atoms with Crippen molar-refractivity contribution in [2.45, 2.75) is 18.6 Å². The zero-order valence-electron chi connectivity index (χ0n) is 17.0. The maximum atomic E-state index is 13.6. The van der Waals surface area contributed by atoms with Crippen molar-refractivity contribution in [2.24, 2.45) is 5.10 Å². The van der Waals surface area contributed by atoms with Gasteiger partial charge in [-0.2, -0.15) is 5.10 Å². The van der Waals surface area contributed by atoms with Crippen molar-refractivity contribution < 1.29 is 9.18 Å². The van der Waals surface area contributed by atoms with E-state index in [0.29, 0.717) is 12.1 Å². The standard InChI is InChI=1S/C24H21FN4OS/c1-17-10-12-18(13-11-17)15-29-22-9-5-4-8-21(22)27-24(29)31-16-23(30)28-26-14-19-6-2-3-7-20(19)25/h2-14H,15-16H2,1H3,(H,28,30)/b26-14+. The number of aryl methyl sites for hydroxylation is 1. The van der Waals surface area contributed by atoms with Crippen molar-refractivity contribution >= 4 is 34.9 Å². The predicted molar refractivity (Wildman–Crippen MR) is 123 cm³/mol. The molecule has 0 radical (unpaired) electrons. The molecule has 7 heteroatoms. The molecule has 1 N–H and O–H groups in total. The number of aromatic nitrogens is 2. The molecule has 5 nitrogen and oxygen atoms in total. The van der Waals surface area contributed by atoms with Gasteiger partial charge in [0.05, 0.1) is 29.5 Å². The number of rotatable bonds is 7. The number of thioether (sulfide) groups is 1. The number of fused-ring (bicyclic) bond motifs is 1.